The zero-order valence-corrected chi connectivity index (χ0v) is 15.7. The summed E-state index contributed by atoms with van der Waals surface area (Å²) in [6, 6.07) is 14.6. The first-order valence-corrected chi connectivity index (χ1v) is 9.74. The lowest BCUT2D eigenvalue weighted by molar-refractivity contribution is 0.122. The third-order valence-corrected chi connectivity index (χ3v) is 5.14. The number of hydrogen-bond acceptors (Lipinski definition) is 6. The molecule has 0 atom stereocenters. The van der Waals surface area contributed by atoms with Crippen molar-refractivity contribution < 1.29 is 4.74 Å². The van der Waals surface area contributed by atoms with Crippen molar-refractivity contribution >= 4 is 17.7 Å². The van der Waals surface area contributed by atoms with Crippen molar-refractivity contribution in [3.05, 3.63) is 54.1 Å². The highest BCUT2D eigenvalue weighted by atomic mass is 16.5. The van der Waals surface area contributed by atoms with Crippen LogP contribution in [0.4, 0.5) is 11.6 Å². The summed E-state index contributed by atoms with van der Waals surface area (Å²) in [5.74, 6) is 1.93. The Balaban J connectivity index is 1.25. The van der Waals surface area contributed by atoms with E-state index in [0.717, 1.165) is 70.7 Å². The lowest BCUT2D eigenvalue weighted by Crippen LogP contribution is -2.46. The van der Waals surface area contributed by atoms with E-state index in [0.29, 0.717) is 0 Å². The molecule has 6 heteroatoms. The molecule has 2 aliphatic rings. The molecule has 2 aromatic rings. The number of nitrogens with zero attached hydrogens (tertiary/aromatic N) is 5. The largest absolute Gasteiger partial charge is 0.378 e. The number of anilines is 2. The van der Waals surface area contributed by atoms with Crippen LogP contribution in [-0.4, -0.2) is 74.1 Å². The highest BCUT2D eigenvalue weighted by Gasteiger charge is 2.18. The number of ether oxygens (including phenoxy) is 1. The Morgan fingerprint density at radius 2 is 1.41 bits per heavy atom. The van der Waals surface area contributed by atoms with Crippen molar-refractivity contribution in [2.45, 2.75) is 0 Å². The Morgan fingerprint density at radius 1 is 0.778 bits per heavy atom. The maximum Gasteiger partial charge on any atom is 0.151 e. The molecule has 1 aromatic heterocycles. The van der Waals surface area contributed by atoms with Crippen LogP contribution in [0.1, 0.15) is 5.56 Å². The van der Waals surface area contributed by atoms with Crippen LogP contribution >= 0.6 is 0 Å². The molecule has 27 heavy (non-hydrogen) atoms. The molecule has 2 saturated heterocycles. The third kappa shape index (κ3) is 4.84. The van der Waals surface area contributed by atoms with Crippen LogP contribution in [0.2, 0.25) is 0 Å². The van der Waals surface area contributed by atoms with Crippen LogP contribution < -0.4 is 9.80 Å². The molecule has 2 fully saturated rings. The van der Waals surface area contributed by atoms with Crippen LogP contribution in [0.5, 0.6) is 0 Å². The minimum atomic E-state index is 0.768. The molecule has 0 radical (unpaired) electrons. The van der Waals surface area contributed by atoms with E-state index in [1.165, 1.54) is 5.56 Å². The van der Waals surface area contributed by atoms with Gasteiger partial charge in [0.2, 0.25) is 0 Å². The first-order chi connectivity index (χ1) is 13.4. The Hall–Kier alpha value is -2.44. The number of rotatable bonds is 5. The van der Waals surface area contributed by atoms with Crippen LogP contribution in [0, 0.1) is 0 Å². The van der Waals surface area contributed by atoms with E-state index in [2.05, 4.69) is 73.4 Å². The topological polar surface area (TPSA) is 44.7 Å². The van der Waals surface area contributed by atoms with Gasteiger partial charge < -0.3 is 14.5 Å². The van der Waals surface area contributed by atoms with Crippen LogP contribution in [0.25, 0.3) is 6.08 Å². The smallest absolute Gasteiger partial charge is 0.151 e. The van der Waals surface area contributed by atoms with Crippen LogP contribution in [0.15, 0.2) is 48.5 Å². The molecule has 0 unspecified atom stereocenters. The van der Waals surface area contributed by atoms with Crippen molar-refractivity contribution in [3.63, 3.8) is 0 Å². The molecule has 2 aliphatic heterocycles. The number of benzene rings is 1. The summed E-state index contributed by atoms with van der Waals surface area (Å²) in [5.41, 5.74) is 1.26. The second-order valence-corrected chi connectivity index (χ2v) is 6.95. The quantitative estimate of drug-likeness (QED) is 0.809. The van der Waals surface area contributed by atoms with Crippen LogP contribution in [-0.2, 0) is 4.74 Å². The summed E-state index contributed by atoms with van der Waals surface area (Å²) in [5, 5.41) is 8.90. The standard InChI is InChI=1S/C21H27N5O/c1-2-5-19(6-3-1)7-4-10-24-11-13-25(14-12-24)20-8-9-21(23-22-20)26-15-17-27-18-16-26/h1-9H,10-18H2. The van der Waals surface area contributed by atoms with E-state index in [1.807, 2.05) is 6.07 Å². The van der Waals surface area contributed by atoms with E-state index in [9.17, 15) is 0 Å². The number of piperazine rings is 1. The summed E-state index contributed by atoms with van der Waals surface area (Å²) in [7, 11) is 0. The maximum absolute atomic E-state index is 5.40. The van der Waals surface area contributed by atoms with Gasteiger partial charge in [-0.15, -0.1) is 10.2 Å². The second-order valence-electron chi connectivity index (χ2n) is 6.95. The van der Waals surface area contributed by atoms with Crippen molar-refractivity contribution in [3.8, 4) is 0 Å². The normalized spacial score (nSPS) is 19.0. The molecule has 1 aromatic carbocycles. The van der Waals surface area contributed by atoms with Crippen molar-refractivity contribution in [1.29, 1.82) is 0 Å². The molecular formula is C21H27N5O. The molecule has 0 saturated carbocycles. The number of aromatic nitrogens is 2. The molecule has 4 rings (SSSR count). The van der Waals surface area contributed by atoms with Gasteiger partial charge in [0.05, 0.1) is 13.2 Å². The Labute approximate surface area is 161 Å². The van der Waals surface area contributed by atoms with E-state index < -0.39 is 0 Å². The fourth-order valence-corrected chi connectivity index (χ4v) is 3.51. The van der Waals surface area contributed by atoms with Gasteiger partial charge in [-0.2, -0.15) is 0 Å². The van der Waals surface area contributed by atoms with Gasteiger partial charge in [-0.05, 0) is 17.7 Å². The molecule has 0 aliphatic carbocycles. The van der Waals surface area contributed by atoms with Gasteiger partial charge >= 0.3 is 0 Å². The summed E-state index contributed by atoms with van der Waals surface area (Å²) >= 11 is 0. The van der Waals surface area contributed by atoms with Crippen LogP contribution in [0.3, 0.4) is 0 Å². The molecular weight excluding hydrogens is 338 g/mol. The van der Waals surface area contributed by atoms with Gasteiger partial charge in [0.1, 0.15) is 0 Å². The number of hydrogen-bond donors (Lipinski definition) is 0. The summed E-state index contributed by atoms with van der Waals surface area (Å²) in [6.07, 6.45) is 4.45. The first kappa shape index (κ1) is 17.9. The van der Waals surface area contributed by atoms with E-state index in [-0.39, 0.29) is 0 Å². The van der Waals surface area contributed by atoms with Crippen molar-refractivity contribution in [1.82, 2.24) is 15.1 Å². The SMILES string of the molecule is C(=Cc1ccccc1)CN1CCN(c2ccc(N3CCOCC3)nn2)CC1. The fraction of sp³-hybridized carbons (Fsp3) is 0.429. The minimum Gasteiger partial charge on any atom is -0.378 e. The predicted octanol–water partition coefficient (Wildman–Crippen LogP) is 2.15. The van der Waals surface area contributed by atoms with E-state index in [1.54, 1.807) is 0 Å². The summed E-state index contributed by atoms with van der Waals surface area (Å²) < 4.78 is 5.40. The molecule has 0 spiro atoms. The average Bonchev–Trinajstić information content (AvgIpc) is 2.76. The maximum atomic E-state index is 5.40. The monoisotopic (exact) mass is 365 g/mol. The molecule has 0 N–H and O–H groups in total. The molecule has 142 valence electrons. The Kier molecular flexibility index (Phi) is 5.96. The molecule has 0 amide bonds. The van der Waals surface area contributed by atoms with Gasteiger partial charge in [0, 0.05) is 45.8 Å². The Bertz CT molecular complexity index is 720. The lowest BCUT2D eigenvalue weighted by atomic mass is 10.2. The minimum absolute atomic E-state index is 0.768. The molecule has 6 nitrogen and oxygen atoms in total. The average molecular weight is 365 g/mol. The van der Waals surface area contributed by atoms with E-state index >= 15 is 0 Å². The molecule has 0 bridgehead atoms. The predicted molar refractivity (Wildman–Crippen MR) is 109 cm³/mol. The summed E-state index contributed by atoms with van der Waals surface area (Å²) in [6.45, 7) is 8.39. The van der Waals surface area contributed by atoms with E-state index in [4.69, 9.17) is 4.74 Å². The summed E-state index contributed by atoms with van der Waals surface area (Å²) in [4.78, 5) is 7.04. The highest BCUT2D eigenvalue weighted by Crippen LogP contribution is 2.17. The first-order valence-electron chi connectivity index (χ1n) is 9.74. The highest BCUT2D eigenvalue weighted by molar-refractivity contribution is 5.49. The second kappa shape index (κ2) is 8.97. The van der Waals surface area contributed by atoms with Crippen molar-refractivity contribution in [2.24, 2.45) is 0 Å². The third-order valence-electron chi connectivity index (χ3n) is 5.14. The van der Waals surface area contributed by atoms with Gasteiger partial charge in [0.25, 0.3) is 0 Å². The zero-order chi connectivity index (χ0) is 18.3. The van der Waals surface area contributed by atoms with Gasteiger partial charge in [-0.3, -0.25) is 4.90 Å². The fourth-order valence-electron chi connectivity index (χ4n) is 3.51. The van der Waals surface area contributed by atoms with Gasteiger partial charge in [-0.1, -0.05) is 42.5 Å². The van der Waals surface area contributed by atoms with Crippen molar-refractivity contribution in [2.75, 3.05) is 68.8 Å². The zero-order valence-electron chi connectivity index (χ0n) is 15.7. The Morgan fingerprint density at radius 3 is 2.04 bits per heavy atom. The molecule has 3 heterocycles. The number of morpholine rings is 1. The van der Waals surface area contributed by atoms with Gasteiger partial charge in [-0.25, -0.2) is 0 Å². The van der Waals surface area contributed by atoms with Gasteiger partial charge in [0.15, 0.2) is 11.6 Å². The lowest BCUT2D eigenvalue weighted by Gasteiger charge is -2.34.